The molecule has 0 aliphatic heterocycles. The Morgan fingerprint density at radius 2 is 1.76 bits per heavy atom. The zero-order valence-corrected chi connectivity index (χ0v) is 12.5. The lowest BCUT2D eigenvalue weighted by molar-refractivity contribution is 0.497. The Morgan fingerprint density at radius 1 is 1.00 bits per heavy atom. The smallest absolute Gasteiger partial charge is 0.159 e. The zero-order valence-electron chi connectivity index (χ0n) is 12.5. The first-order chi connectivity index (χ1) is 10.1. The van der Waals surface area contributed by atoms with Crippen LogP contribution in [0.25, 0.3) is 0 Å². The van der Waals surface area contributed by atoms with Crippen LogP contribution in [0, 0.1) is 18.6 Å². The Kier molecular flexibility index (Phi) is 5.45. The van der Waals surface area contributed by atoms with Crippen LogP contribution in [0.5, 0.6) is 0 Å². The van der Waals surface area contributed by atoms with E-state index in [1.54, 1.807) is 6.07 Å². The summed E-state index contributed by atoms with van der Waals surface area (Å²) in [6.07, 6.45) is 1.55. The minimum absolute atomic E-state index is 0.209. The van der Waals surface area contributed by atoms with Gasteiger partial charge in [-0.3, -0.25) is 0 Å². The number of rotatable bonds is 6. The summed E-state index contributed by atoms with van der Waals surface area (Å²) in [6, 6.07) is 12.6. The maximum atomic E-state index is 13.3. The average molecular weight is 289 g/mol. The van der Waals surface area contributed by atoms with Crippen LogP contribution in [0.1, 0.15) is 23.6 Å². The van der Waals surface area contributed by atoms with Crippen molar-refractivity contribution in [2.75, 3.05) is 6.54 Å². The molecule has 0 aliphatic carbocycles. The first-order valence-electron chi connectivity index (χ1n) is 7.32. The second-order valence-electron chi connectivity index (χ2n) is 5.34. The van der Waals surface area contributed by atoms with Crippen LogP contribution in [0.3, 0.4) is 0 Å². The fourth-order valence-electron chi connectivity index (χ4n) is 2.56. The number of nitrogens with one attached hydrogen (secondary N) is 1. The van der Waals surface area contributed by atoms with E-state index in [-0.39, 0.29) is 6.04 Å². The SMILES string of the molecule is CCNC(Cc1ccc(F)c(F)c1)Cc1ccccc1C. The van der Waals surface area contributed by atoms with Gasteiger partial charge in [0.05, 0.1) is 0 Å². The fraction of sp³-hybridized carbons (Fsp3) is 0.333. The van der Waals surface area contributed by atoms with Gasteiger partial charge in [-0.15, -0.1) is 0 Å². The molecule has 0 radical (unpaired) electrons. The molecule has 0 bridgehead atoms. The van der Waals surface area contributed by atoms with Crippen LogP contribution in [-0.4, -0.2) is 12.6 Å². The maximum absolute atomic E-state index is 13.3. The molecule has 2 aromatic carbocycles. The van der Waals surface area contributed by atoms with Gasteiger partial charge in [0.15, 0.2) is 11.6 Å². The van der Waals surface area contributed by atoms with E-state index < -0.39 is 11.6 Å². The third kappa shape index (κ3) is 4.36. The monoisotopic (exact) mass is 289 g/mol. The number of halogens is 2. The van der Waals surface area contributed by atoms with Crippen molar-refractivity contribution in [2.24, 2.45) is 0 Å². The molecule has 0 saturated heterocycles. The third-order valence-corrected chi connectivity index (χ3v) is 3.69. The Labute approximate surface area is 125 Å². The van der Waals surface area contributed by atoms with E-state index in [2.05, 4.69) is 31.3 Å². The first-order valence-corrected chi connectivity index (χ1v) is 7.32. The molecule has 21 heavy (non-hydrogen) atoms. The van der Waals surface area contributed by atoms with Crippen molar-refractivity contribution in [1.29, 1.82) is 0 Å². The highest BCUT2D eigenvalue weighted by molar-refractivity contribution is 5.27. The van der Waals surface area contributed by atoms with Crippen LogP contribution < -0.4 is 5.32 Å². The maximum Gasteiger partial charge on any atom is 0.159 e. The van der Waals surface area contributed by atoms with Crippen LogP contribution in [0.2, 0.25) is 0 Å². The van der Waals surface area contributed by atoms with Gasteiger partial charge in [-0.2, -0.15) is 0 Å². The number of benzene rings is 2. The molecule has 0 aliphatic rings. The van der Waals surface area contributed by atoms with E-state index in [1.165, 1.54) is 23.3 Å². The molecule has 1 N–H and O–H groups in total. The van der Waals surface area contributed by atoms with Crippen molar-refractivity contribution >= 4 is 0 Å². The summed E-state index contributed by atoms with van der Waals surface area (Å²) in [5.74, 6) is -1.57. The number of hydrogen-bond donors (Lipinski definition) is 1. The van der Waals surface area contributed by atoms with E-state index in [1.807, 2.05) is 12.1 Å². The summed E-state index contributed by atoms with van der Waals surface area (Å²) < 4.78 is 26.3. The topological polar surface area (TPSA) is 12.0 Å². The molecule has 0 amide bonds. The molecule has 2 rings (SSSR count). The van der Waals surface area contributed by atoms with Gasteiger partial charge in [-0.1, -0.05) is 37.3 Å². The molecular weight excluding hydrogens is 268 g/mol. The van der Waals surface area contributed by atoms with E-state index in [9.17, 15) is 8.78 Å². The predicted molar refractivity (Wildman–Crippen MR) is 82.4 cm³/mol. The van der Waals surface area contributed by atoms with Crippen molar-refractivity contribution in [3.05, 3.63) is 70.8 Å². The van der Waals surface area contributed by atoms with Gasteiger partial charge >= 0.3 is 0 Å². The lowest BCUT2D eigenvalue weighted by Gasteiger charge is -2.19. The molecule has 0 heterocycles. The Balaban J connectivity index is 2.11. The second kappa shape index (κ2) is 7.32. The molecule has 0 aromatic heterocycles. The standard InChI is InChI=1S/C18H21F2N/c1-3-21-16(12-15-7-5-4-6-13(15)2)10-14-8-9-17(19)18(20)11-14/h4-9,11,16,21H,3,10,12H2,1-2H3. The Hall–Kier alpha value is -1.74. The summed E-state index contributed by atoms with van der Waals surface area (Å²) in [5.41, 5.74) is 3.35. The van der Waals surface area contributed by atoms with E-state index >= 15 is 0 Å². The largest absolute Gasteiger partial charge is 0.314 e. The van der Waals surface area contributed by atoms with Crippen LogP contribution in [-0.2, 0) is 12.8 Å². The van der Waals surface area contributed by atoms with E-state index in [0.29, 0.717) is 6.42 Å². The van der Waals surface area contributed by atoms with Crippen molar-refractivity contribution in [2.45, 2.75) is 32.7 Å². The average Bonchev–Trinajstić information content (AvgIpc) is 2.46. The fourth-order valence-corrected chi connectivity index (χ4v) is 2.56. The molecule has 0 fully saturated rings. The summed E-state index contributed by atoms with van der Waals surface area (Å²) in [4.78, 5) is 0. The van der Waals surface area contributed by atoms with Gasteiger partial charge in [0, 0.05) is 6.04 Å². The van der Waals surface area contributed by atoms with E-state index in [0.717, 1.165) is 18.5 Å². The molecule has 1 unspecified atom stereocenters. The molecule has 112 valence electrons. The van der Waals surface area contributed by atoms with Crippen LogP contribution in [0.4, 0.5) is 8.78 Å². The summed E-state index contributed by atoms with van der Waals surface area (Å²) >= 11 is 0. The number of hydrogen-bond acceptors (Lipinski definition) is 1. The molecule has 2 aromatic rings. The molecule has 0 saturated carbocycles. The highest BCUT2D eigenvalue weighted by Crippen LogP contribution is 2.15. The highest BCUT2D eigenvalue weighted by Gasteiger charge is 2.12. The molecule has 0 spiro atoms. The van der Waals surface area contributed by atoms with Crippen LogP contribution >= 0.6 is 0 Å². The molecular formula is C18H21F2N. The summed E-state index contributed by atoms with van der Waals surface area (Å²) in [5, 5.41) is 3.42. The van der Waals surface area contributed by atoms with Crippen molar-refractivity contribution < 1.29 is 8.78 Å². The Morgan fingerprint density at radius 3 is 2.43 bits per heavy atom. The van der Waals surface area contributed by atoms with Crippen molar-refractivity contribution in [1.82, 2.24) is 5.32 Å². The van der Waals surface area contributed by atoms with Gasteiger partial charge in [0.1, 0.15) is 0 Å². The number of likely N-dealkylation sites (N-methyl/N-ethyl adjacent to an activating group) is 1. The van der Waals surface area contributed by atoms with Crippen molar-refractivity contribution in [3.8, 4) is 0 Å². The molecule has 3 heteroatoms. The van der Waals surface area contributed by atoms with E-state index in [4.69, 9.17) is 0 Å². The van der Waals surface area contributed by atoms with Crippen molar-refractivity contribution in [3.63, 3.8) is 0 Å². The zero-order chi connectivity index (χ0) is 15.2. The van der Waals surface area contributed by atoms with Gasteiger partial charge in [0.2, 0.25) is 0 Å². The molecule has 1 atom stereocenters. The van der Waals surface area contributed by atoms with Gasteiger partial charge in [-0.05, 0) is 55.1 Å². The second-order valence-corrected chi connectivity index (χ2v) is 5.34. The lowest BCUT2D eigenvalue weighted by Crippen LogP contribution is -2.33. The lowest BCUT2D eigenvalue weighted by atomic mass is 9.96. The third-order valence-electron chi connectivity index (χ3n) is 3.69. The normalized spacial score (nSPS) is 12.4. The van der Waals surface area contributed by atoms with Crippen LogP contribution in [0.15, 0.2) is 42.5 Å². The minimum Gasteiger partial charge on any atom is -0.314 e. The minimum atomic E-state index is -0.794. The number of aryl methyl sites for hydroxylation is 1. The Bertz CT molecular complexity index is 596. The van der Waals surface area contributed by atoms with Gasteiger partial charge in [0.25, 0.3) is 0 Å². The highest BCUT2D eigenvalue weighted by atomic mass is 19.2. The first kappa shape index (κ1) is 15.6. The predicted octanol–water partition coefficient (Wildman–Crippen LogP) is 4.04. The molecule has 1 nitrogen and oxygen atoms in total. The summed E-state index contributed by atoms with van der Waals surface area (Å²) in [7, 11) is 0. The van der Waals surface area contributed by atoms with Gasteiger partial charge < -0.3 is 5.32 Å². The quantitative estimate of drug-likeness (QED) is 0.846. The summed E-state index contributed by atoms with van der Waals surface area (Å²) in [6.45, 7) is 4.99. The van der Waals surface area contributed by atoms with Gasteiger partial charge in [-0.25, -0.2) is 8.78 Å².